The molecule has 1 aromatic carbocycles. The number of nitrogens with one attached hydrogen (secondary N) is 1. The van der Waals surface area contributed by atoms with E-state index >= 15 is 0 Å². The molecule has 0 aliphatic rings. The number of hydrogen-bond donors (Lipinski definition) is 1. The Labute approximate surface area is 132 Å². The standard InChI is InChI=1S/C18H24N2O2/c1-15(2)11-19-12-18(21)20(14-17-9-6-10-22-17)13-16-7-4-3-5-8-16/h3-10,15,19H,11-14H2,1-2H3. The van der Waals surface area contributed by atoms with Crippen molar-refractivity contribution in [2.24, 2.45) is 5.92 Å². The molecule has 0 unspecified atom stereocenters. The SMILES string of the molecule is CC(C)CNCC(=O)N(Cc1ccccc1)Cc1ccco1. The molecule has 0 saturated carbocycles. The highest BCUT2D eigenvalue weighted by Gasteiger charge is 2.15. The summed E-state index contributed by atoms with van der Waals surface area (Å²) in [7, 11) is 0. The van der Waals surface area contributed by atoms with Crippen LogP contribution in [0.5, 0.6) is 0 Å². The molecule has 1 amide bonds. The lowest BCUT2D eigenvalue weighted by Gasteiger charge is -2.22. The molecule has 2 rings (SSSR count). The predicted molar refractivity (Wildman–Crippen MR) is 87.1 cm³/mol. The first kappa shape index (κ1) is 16.3. The molecule has 4 heteroatoms. The number of furan rings is 1. The Balaban J connectivity index is 1.99. The van der Waals surface area contributed by atoms with E-state index in [4.69, 9.17) is 4.42 Å². The van der Waals surface area contributed by atoms with Gasteiger partial charge in [0, 0.05) is 6.54 Å². The van der Waals surface area contributed by atoms with Crippen LogP contribution in [0.15, 0.2) is 53.1 Å². The smallest absolute Gasteiger partial charge is 0.237 e. The highest BCUT2D eigenvalue weighted by Crippen LogP contribution is 2.10. The lowest BCUT2D eigenvalue weighted by molar-refractivity contribution is -0.131. The minimum atomic E-state index is 0.0842. The Kier molecular flexibility index (Phi) is 6.22. The zero-order valence-electron chi connectivity index (χ0n) is 13.3. The van der Waals surface area contributed by atoms with Crippen LogP contribution < -0.4 is 5.32 Å². The second-order valence-electron chi connectivity index (χ2n) is 5.84. The zero-order chi connectivity index (χ0) is 15.8. The second-order valence-corrected chi connectivity index (χ2v) is 5.84. The molecular weight excluding hydrogens is 276 g/mol. The van der Waals surface area contributed by atoms with Crippen molar-refractivity contribution in [1.29, 1.82) is 0 Å². The van der Waals surface area contributed by atoms with Crippen molar-refractivity contribution in [3.63, 3.8) is 0 Å². The first-order chi connectivity index (χ1) is 10.6. The summed E-state index contributed by atoms with van der Waals surface area (Å²) in [6.45, 7) is 6.52. The van der Waals surface area contributed by atoms with E-state index in [1.165, 1.54) is 0 Å². The average molecular weight is 300 g/mol. The quantitative estimate of drug-likeness (QED) is 0.815. The van der Waals surface area contributed by atoms with Gasteiger partial charge in [0.15, 0.2) is 0 Å². The maximum atomic E-state index is 12.5. The molecule has 1 heterocycles. The molecule has 0 aliphatic carbocycles. The molecule has 0 fully saturated rings. The van der Waals surface area contributed by atoms with E-state index in [-0.39, 0.29) is 5.91 Å². The molecule has 118 valence electrons. The van der Waals surface area contributed by atoms with Crippen molar-refractivity contribution >= 4 is 5.91 Å². The molecule has 0 aliphatic heterocycles. The third kappa shape index (κ3) is 5.37. The number of amides is 1. The van der Waals surface area contributed by atoms with Crippen molar-refractivity contribution in [2.45, 2.75) is 26.9 Å². The van der Waals surface area contributed by atoms with E-state index < -0.39 is 0 Å². The topological polar surface area (TPSA) is 45.5 Å². The van der Waals surface area contributed by atoms with Crippen LogP contribution in [0.25, 0.3) is 0 Å². The molecule has 0 spiro atoms. The minimum absolute atomic E-state index is 0.0842. The summed E-state index contributed by atoms with van der Waals surface area (Å²) in [6, 6.07) is 13.8. The fraction of sp³-hybridized carbons (Fsp3) is 0.389. The van der Waals surface area contributed by atoms with Crippen molar-refractivity contribution in [3.8, 4) is 0 Å². The van der Waals surface area contributed by atoms with Crippen LogP contribution in [-0.2, 0) is 17.9 Å². The first-order valence-electron chi connectivity index (χ1n) is 7.70. The number of carbonyl (C=O) groups is 1. The number of benzene rings is 1. The summed E-state index contributed by atoms with van der Waals surface area (Å²) in [5.41, 5.74) is 1.12. The van der Waals surface area contributed by atoms with E-state index in [9.17, 15) is 4.79 Å². The third-order valence-corrected chi connectivity index (χ3v) is 3.32. The van der Waals surface area contributed by atoms with Gasteiger partial charge in [0.05, 0.1) is 19.4 Å². The summed E-state index contributed by atoms with van der Waals surface area (Å²) >= 11 is 0. The monoisotopic (exact) mass is 300 g/mol. The number of nitrogens with zero attached hydrogens (tertiary/aromatic N) is 1. The lowest BCUT2D eigenvalue weighted by atomic mass is 10.2. The molecule has 1 N–H and O–H groups in total. The first-order valence-corrected chi connectivity index (χ1v) is 7.70. The fourth-order valence-electron chi connectivity index (χ4n) is 2.21. The van der Waals surface area contributed by atoms with Gasteiger partial charge >= 0.3 is 0 Å². The highest BCUT2D eigenvalue weighted by atomic mass is 16.3. The molecule has 0 atom stereocenters. The van der Waals surface area contributed by atoms with Gasteiger partial charge < -0.3 is 14.6 Å². The summed E-state index contributed by atoms with van der Waals surface area (Å²) in [5, 5.41) is 3.21. The summed E-state index contributed by atoms with van der Waals surface area (Å²) in [5.74, 6) is 1.41. The summed E-state index contributed by atoms with van der Waals surface area (Å²) in [4.78, 5) is 14.3. The van der Waals surface area contributed by atoms with Gasteiger partial charge in [-0.15, -0.1) is 0 Å². The Morgan fingerprint density at radius 2 is 1.91 bits per heavy atom. The van der Waals surface area contributed by atoms with Crippen LogP contribution >= 0.6 is 0 Å². The summed E-state index contributed by atoms with van der Waals surface area (Å²) < 4.78 is 5.38. The third-order valence-electron chi connectivity index (χ3n) is 3.32. The van der Waals surface area contributed by atoms with Gasteiger partial charge in [0.2, 0.25) is 5.91 Å². The normalized spacial score (nSPS) is 10.9. The maximum Gasteiger partial charge on any atom is 0.237 e. The van der Waals surface area contributed by atoms with Crippen molar-refractivity contribution in [3.05, 3.63) is 60.1 Å². The van der Waals surface area contributed by atoms with E-state index in [2.05, 4.69) is 19.2 Å². The van der Waals surface area contributed by atoms with Crippen LogP contribution in [-0.4, -0.2) is 23.9 Å². The van der Waals surface area contributed by atoms with E-state index in [0.29, 0.717) is 25.6 Å². The average Bonchev–Trinajstić information content (AvgIpc) is 3.00. The van der Waals surface area contributed by atoms with Gasteiger partial charge in [-0.3, -0.25) is 4.79 Å². The Morgan fingerprint density at radius 1 is 1.14 bits per heavy atom. The zero-order valence-corrected chi connectivity index (χ0v) is 13.3. The van der Waals surface area contributed by atoms with Gasteiger partial charge in [-0.05, 0) is 30.2 Å². The lowest BCUT2D eigenvalue weighted by Crippen LogP contribution is -2.38. The molecule has 0 radical (unpaired) electrons. The van der Waals surface area contributed by atoms with Crippen LogP contribution in [0.4, 0.5) is 0 Å². The molecule has 0 bridgehead atoms. The van der Waals surface area contributed by atoms with Crippen molar-refractivity contribution in [1.82, 2.24) is 10.2 Å². The van der Waals surface area contributed by atoms with Crippen LogP contribution in [0, 0.1) is 5.92 Å². The van der Waals surface area contributed by atoms with Gasteiger partial charge in [0.25, 0.3) is 0 Å². The molecule has 0 saturated heterocycles. The highest BCUT2D eigenvalue weighted by molar-refractivity contribution is 5.78. The van der Waals surface area contributed by atoms with E-state index in [1.807, 2.05) is 47.4 Å². The molecule has 1 aromatic heterocycles. The molecule has 4 nitrogen and oxygen atoms in total. The minimum Gasteiger partial charge on any atom is -0.467 e. The van der Waals surface area contributed by atoms with Crippen LogP contribution in [0.2, 0.25) is 0 Å². The number of carbonyl (C=O) groups excluding carboxylic acids is 1. The van der Waals surface area contributed by atoms with Crippen molar-refractivity contribution in [2.75, 3.05) is 13.1 Å². The Hall–Kier alpha value is -2.07. The van der Waals surface area contributed by atoms with E-state index in [1.54, 1.807) is 6.26 Å². The van der Waals surface area contributed by atoms with Gasteiger partial charge in [-0.1, -0.05) is 44.2 Å². The van der Waals surface area contributed by atoms with Crippen molar-refractivity contribution < 1.29 is 9.21 Å². The Bertz CT molecular complexity index is 550. The Morgan fingerprint density at radius 3 is 2.55 bits per heavy atom. The number of hydrogen-bond acceptors (Lipinski definition) is 3. The van der Waals surface area contributed by atoms with E-state index in [0.717, 1.165) is 17.9 Å². The number of rotatable bonds is 8. The van der Waals surface area contributed by atoms with Gasteiger partial charge in [-0.25, -0.2) is 0 Å². The largest absolute Gasteiger partial charge is 0.467 e. The fourth-order valence-corrected chi connectivity index (χ4v) is 2.21. The molecule has 2 aromatic rings. The molecule has 22 heavy (non-hydrogen) atoms. The second kappa shape index (κ2) is 8.39. The molecular formula is C18H24N2O2. The van der Waals surface area contributed by atoms with Crippen LogP contribution in [0.3, 0.4) is 0 Å². The maximum absolute atomic E-state index is 12.5. The summed E-state index contributed by atoms with van der Waals surface area (Å²) in [6.07, 6.45) is 1.64. The predicted octanol–water partition coefficient (Wildman–Crippen LogP) is 3.05. The van der Waals surface area contributed by atoms with Gasteiger partial charge in [0.1, 0.15) is 5.76 Å². The van der Waals surface area contributed by atoms with Gasteiger partial charge in [-0.2, -0.15) is 0 Å². The van der Waals surface area contributed by atoms with Crippen LogP contribution in [0.1, 0.15) is 25.2 Å².